The highest BCUT2D eigenvalue weighted by Crippen LogP contribution is 2.36. The van der Waals surface area contributed by atoms with Crippen LogP contribution in [0.2, 0.25) is 0 Å². The zero-order valence-electron chi connectivity index (χ0n) is 18.7. The molecule has 36 heavy (non-hydrogen) atoms. The first kappa shape index (κ1) is 25.0. The van der Waals surface area contributed by atoms with Crippen LogP contribution in [0.25, 0.3) is 5.69 Å². The normalized spacial score (nSPS) is 19.5. The molecule has 0 bridgehead atoms. The summed E-state index contributed by atoms with van der Waals surface area (Å²) in [6.45, 7) is 0.565. The van der Waals surface area contributed by atoms with Gasteiger partial charge in [0.2, 0.25) is 5.95 Å². The Balaban J connectivity index is 1.64. The van der Waals surface area contributed by atoms with Gasteiger partial charge >= 0.3 is 6.18 Å². The Hall–Kier alpha value is -4.15. The van der Waals surface area contributed by atoms with Crippen molar-refractivity contribution in [1.29, 1.82) is 5.26 Å². The van der Waals surface area contributed by atoms with Gasteiger partial charge in [-0.15, -0.1) is 0 Å². The van der Waals surface area contributed by atoms with E-state index in [0.29, 0.717) is 12.4 Å². The molecule has 1 aromatic carbocycles. The zero-order chi connectivity index (χ0) is 26.1. The Morgan fingerprint density at radius 2 is 1.89 bits per heavy atom. The molecule has 1 N–H and O–H groups in total. The van der Waals surface area contributed by atoms with E-state index in [0.717, 1.165) is 9.70 Å². The molecule has 0 spiro atoms. The number of piperidine rings is 1. The maximum atomic E-state index is 14.6. The number of nitrogens with one attached hydrogen (secondary N) is 1. The van der Waals surface area contributed by atoms with Crippen molar-refractivity contribution < 1.29 is 26.7 Å². The van der Waals surface area contributed by atoms with Gasteiger partial charge in [0.25, 0.3) is 11.8 Å². The number of likely N-dealkylation sites (tertiary alicyclic amines) is 1. The molecular formula is C22H19F5N8O. The fourth-order valence-corrected chi connectivity index (χ4v) is 4.09. The monoisotopic (exact) mass is 506 g/mol. The summed E-state index contributed by atoms with van der Waals surface area (Å²) in [5.41, 5.74) is -0.749. The molecule has 188 valence electrons. The van der Waals surface area contributed by atoms with Gasteiger partial charge in [0.1, 0.15) is 0 Å². The smallest absolute Gasteiger partial charge is 0.352 e. The highest BCUT2D eigenvalue weighted by Gasteiger charge is 2.46. The molecule has 0 radical (unpaired) electrons. The number of hydrogen-bond acceptors (Lipinski definition) is 7. The van der Waals surface area contributed by atoms with Crippen molar-refractivity contribution in [2.75, 3.05) is 18.4 Å². The first-order chi connectivity index (χ1) is 17.0. The van der Waals surface area contributed by atoms with Crippen molar-refractivity contribution in [3.05, 3.63) is 59.7 Å². The van der Waals surface area contributed by atoms with Crippen LogP contribution in [0.3, 0.4) is 0 Å². The number of carbonyl (C=O) groups excluding carboxylic acids is 1. The van der Waals surface area contributed by atoms with Crippen LogP contribution in [0, 0.1) is 17.2 Å². The largest absolute Gasteiger partial charge is 0.419 e. The minimum atomic E-state index is -4.61. The Morgan fingerprint density at radius 1 is 1.22 bits per heavy atom. The molecule has 4 rings (SSSR count). The number of nitrogens with zero attached hydrogens (tertiary/aromatic N) is 7. The van der Waals surface area contributed by atoms with E-state index in [1.54, 1.807) is 6.92 Å². The Kier molecular flexibility index (Phi) is 6.57. The lowest BCUT2D eigenvalue weighted by molar-refractivity contribution is -0.138. The number of amides is 1. The predicted octanol–water partition coefficient (Wildman–Crippen LogP) is 3.55. The van der Waals surface area contributed by atoms with Crippen molar-refractivity contribution in [3.63, 3.8) is 0 Å². The van der Waals surface area contributed by atoms with Crippen LogP contribution in [0.4, 0.5) is 27.9 Å². The molecule has 1 amide bonds. The van der Waals surface area contributed by atoms with Gasteiger partial charge < -0.3 is 10.2 Å². The molecule has 1 aliphatic heterocycles. The van der Waals surface area contributed by atoms with Gasteiger partial charge in [-0.05, 0) is 24.1 Å². The van der Waals surface area contributed by atoms with E-state index in [1.807, 2.05) is 6.07 Å². The lowest BCUT2D eigenvalue weighted by Crippen LogP contribution is -2.57. The summed E-state index contributed by atoms with van der Waals surface area (Å²) in [7, 11) is 0. The van der Waals surface area contributed by atoms with Gasteiger partial charge in [-0.1, -0.05) is 6.92 Å². The van der Waals surface area contributed by atoms with E-state index < -0.39 is 48.5 Å². The summed E-state index contributed by atoms with van der Waals surface area (Å²) in [6, 6.07) is 5.31. The van der Waals surface area contributed by atoms with Crippen molar-refractivity contribution in [3.8, 4) is 11.8 Å². The minimum absolute atomic E-state index is 0.0501. The molecule has 1 aliphatic rings. The standard InChI is InChI=1S/C22H19F5N8O/c1-13-7-21(23,24)12-34(18(13)11-31-20-29-9-15(10-30-20)22(25,26)27)19(36)16-6-14(8-28)2-3-17(16)35-32-4-5-33-35/h2-6,9-10,13,18H,7,11-12H2,1H3,(H,29,30,31)/t13-,18-/m1/s1. The summed E-state index contributed by atoms with van der Waals surface area (Å²) >= 11 is 0. The zero-order valence-corrected chi connectivity index (χ0v) is 18.7. The van der Waals surface area contributed by atoms with E-state index in [9.17, 15) is 32.0 Å². The van der Waals surface area contributed by atoms with Crippen LogP contribution in [0.5, 0.6) is 0 Å². The Morgan fingerprint density at radius 3 is 2.50 bits per heavy atom. The second-order valence-corrected chi connectivity index (χ2v) is 8.37. The topological polar surface area (TPSA) is 113 Å². The maximum Gasteiger partial charge on any atom is 0.419 e. The lowest BCUT2D eigenvalue weighted by Gasteiger charge is -2.43. The molecule has 3 heterocycles. The number of carbonyl (C=O) groups is 1. The van der Waals surface area contributed by atoms with Crippen LogP contribution < -0.4 is 5.32 Å². The molecule has 2 aromatic heterocycles. The molecule has 0 aliphatic carbocycles. The number of anilines is 1. The van der Waals surface area contributed by atoms with Crippen molar-refractivity contribution in [1.82, 2.24) is 29.9 Å². The molecular weight excluding hydrogens is 487 g/mol. The van der Waals surface area contributed by atoms with Crippen molar-refractivity contribution >= 4 is 11.9 Å². The first-order valence-corrected chi connectivity index (χ1v) is 10.7. The third kappa shape index (κ3) is 5.24. The number of nitriles is 1. The summed E-state index contributed by atoms with van der Waals surface area (Å²) in [5, 5.41) is 20.0. The minimum Gasteiger partial charge on any atom is -0.352 e. The molecule has 3 aromatic rings. The number of alkyl halides is 5. The number of halogens is 5. The molecule has 14 heteroatoms. The van der Waals surface area contributed by atoms with Gasteiger partial charge in [0, 0.05) is 25.4 Å². The van der Waals surface area contributed by atoms with E-state index >= 15 is 0 Å². The van der Waals surface area contributed by atoms with Gasteiger partial charge in [0.05, 0.1) is 53.4 Å². The second-order valence-electron chi connectivity index (χ2n) is 8.37. The summed E-state index contributed by atoms with van der Waals surface area (Å²) in [4.78, 5) is 23.0. The molecule has 0 unspecified atom stereocenters. The molecule has 1 fully saturated rings. The first-order valence-electron chi connectivity index (χ1n) is 10.7. The Bertz CT molecular complexity index is 1270. The van der Waals surface area contributed by atoms with E-state index in [1.165, 1.54) is 30.6 Å². The molecule has 2 atom stereocenters. The van der Waals surface area contributed by atoms with Gasteiger partial charge in [-0.2, -0.15) is 33.4 Å². The second kappa shape index (κ2) is 9.48. The average Bonchev–Trinajstić information content (AvgIpc) is 3.36. The number of aromatic nitrogens is 5. The maximum absolute atomic E-state index is 14.6. The molecule has 9 nitrogen and oxygen atoms in total. The third-order valence-electron chi connectivity index (χ3n) is 5.78. The highest BCUT2D eigenvalue weighted by molar-refractivity contribution is 5.98. The van der Waals surface area contributed by atoms with E-state index in [4.69, 9.17) is 0 Å². The van der Waals surface area contributed by atoms with Gasteiger partial charge in [-0.3, -0.25) is 4.79 Å². The number of rotatable bonds is 5. The van der Waals surface area contributed by atoms with E-state index in [2.05, 4.69) is 25.5 Å². The summed E-state index contributed by atoms with van der Waals surface area (Å²) < 4.78 is 67.4. The number of benzene rings is 1. The van der Waals surface area contributed by atoms with Crippen molar-refractivity contribution in [2.24, 2.45) is 5.92 Å². The summed E-state index contributed by atoms with van der Waals surface area (Å²) in [6.07, 6.45) is -1.14. The van der Waals surface area contributed by atoms with Crippen LogP contribution in [0.15, 0.2) is 43.0 Å². The molecule has 0 saturated carbocycles. The SMILES string of the molecule is C[C@@H]1CC(F)(F)CN(C(=O)c2cc(C#N)ccc2-n2nccn2)[C@@H]1CNc1ncc(C(F)(F)F)cn1. The Labute approximate surface area is 201 Å². The van der Waals surface area contributed by atoms with Crippen LogP contribution in [-0.4, -0.2) is 60.8 Å². The fourth-order valence-electron chi connectivity index (χ4n) is 4.09. The molecule has 1 saturated heterocycles. The third-order valence-corrected chi connectivity index (χ3v) is 5.78. The predicted molar refractivity (Wildman–Crippen MR) is 115 cm³/mol. The quantitative estimate of drug-likeness (QED) is 0.527. The van der Waals surface area contributed by atoms with Crippen LogP contribution in [-0.2, 0) is 6.18 Å². The van der Waals surface area contributed by atoms with E-state index in [-0.39, 0.29) is 29.3 Å². The summed E-state index contributed by atoms with van der Waals surface area (Å²) in [5.74, 6) is -4.78. The number of hydrogen-bond donors (Lipinski definition) is 1. The lowest BCUT2D eigenvalue weighted by atomic mass is 9.87. The van der Waals surface area contributed by atoms with Crippen LogP contribution >= 0.6 is 0 Å². The van der Waals surface area contributed by atoms with Gasteiger partial charge in [0.15, 0.2) is 0 Å². The fraction of sp³-hybridized carbons (Fsp3) is 0.364. The highest BCUT2D eigenvalue weighted by atomic mass is 19.4. The van der Waals surface area contributed by atoms with Crippen LogP contribution in [0.1, 0.15) is 34.8 Å². The van der Waals surface area contributed by atoms with Crippen molar-refractivity contribution in [2.45, 2.75) is 31.5 Å². The average molecular weight is 506 g/mol. The van der Waals surface area contributed by atoms with Gasteiger partial charge in [-0.25, -0.2) is 18.7 Å².